The predicted molar refractivity (Wildman–Crippen MR) is 188 cm³/mol. The lowest BCUT2D eigenvalue weighted by molar-refractivity contribution is 0.0688. The minimum atomic E-state index is -0.889. The SMILES string of the molecule is CCCCCCCCCCN[C@@H](c1ccccn1)C(C)(C)C.O=C(O)c1cccc2[nH]ccc12.O=C(O)c1cccc2[nH]ccc12. The summed E-state index contributed by atoms with van der Waals surface area (Å²) in [6.07, 6.45) is 16.3. The molecule has 3 heterocycles. The van der Waals surface area contributed by atoms with Crippen molar-refractivity contribution in [1.82, 2.24) is 20.3 Å². The number of carboxylic acid groups (broad SMARTS) is 2. The van der Waals surface area contributed by atoms with Gasteiger partial charge in [-0.3, -0.25) is 4.98 Å². The van der Waals surface area contributed by atoms with Gasteiger partial charge in [-0.2, -0.15) is 0 Å². The molecule has 0 saturated heterocycles. The molecule has 0 aliphatic carbocycles. The summed E-state index contributed by atoms with van der Waals surface area (Å²) in [6.45, 7) is 10.2. The van der Waals surface area contributed by atoms with Gasteiger partial charge in [0.1, 0.15) is 0 Å². The molecule has 5 N–H and O–H groups in total. The number of hydrogen-bond donors (Lipinski definition) is 5. The van der Waals surface area contributed by atoms with Crippen molar-refractivity contribution in [2.24, 2.45) is 5.41 Å². The number of unbranched alkanes of at least 4 members (excludes halogenated alkanes) is 7. The fraction of sp³-hybridized carbons (Fsp3) is 0.395. The zero-order valence-corrected chi connectivity index (χ0v) is 27.7. The summed E-state index contributed by atoms with van der Waals surface area (Å²) in [5.41, 5.74) is 3.75. The number of aromatic amines is 2. The summed E-state index contributed by atoms with van der Waals surface area (Å²) in [7, 11) is 0. The third-order valence-corrected chi connectivity index (χ3v) is 7.88. The number of H-pyrrole nitrogens is 2. The van der Waals surface area contributed by atoms with Gasteiger partial charge in [0, 0.05) is 40.4 Å². The van der Waals surface area contributed by atoms with Crippen LogP contribution in [0.4, 0.5) is 0 Å². The lowest BCUT2D eigenvalue weighted by atomic mass is 9.84. The Labute approximate surface area is 272 Å². The van der Waals surface area contributed by atoms with Crippen LogP contribution in [-0.4, -0.2) is 43.6 Å². The zero-order valence-electron chi connectivity index (χ0n) is 27.7. The van der Waals surface area contributed by atoms with Gasteiger partial charge in [0.05, 0.1) is 22.9 Å². The van der Waals surface area contributed by atoms with E-state index in [2.05, 4.69) is 60.1 Å². The van der Waals surface area contributed by atoms with E-state index in [9.17, 15) is 9.59 Å². The number of nitrogens with one attached hydrogen (secondary N) is 3. The van der Waals surface area contributed by atoms with Crippen molar-refractivity contribution in [3.8, 4) is 0 Å². The van der Waals surface area contributed by atoms with Gasteiger partial charge in [-0.05, 0) is 66.9 Å². The second kappa shape index (κ2) is 18.5. The molecule has 8 nitrogen and oxygen atoms in total. The van der Waals surface area contributed by atoms with E-state index in [1.54, 1.807) is 48.8 Å². The first-order valence-electron chi connectivity index (χ1n) is 16.4. The van der Waals surface area contributed by atoms with Crippen molar-refractivity contribution in [1.29, 1.82) is 0 Å². The molecule has 2 aromatic carbocycles. The van der Waals surface area contributed by atoms with Gasteiger partial charge in [-0.25, -0.2) is 9.59 Å². The minimum absolute atomic E-state index is 0.189. The van der Waals surface area contributed by atoms with Gasteiger partial charge in [0.2, 0.25) is 0 Å². The van der Waals surface area contributed by atoms with E-state index in [0.717, 1.165) is 34.0 Å². The highest BCUT2D eigenvalue weighted by molar-refractivity contribution is 6.03. The van der Waals surface area contributed by atoms with Crippen molar-refractivity contribution in [2.45, 2.75) is 85.1 Å². The average Bonchev–Trinajstić information content (AvgIpc) is 3.72. The molecular weight excluding hydrogens is 576 g/mol. The molecule has 0 bridgehead atoms. The Balaban J connectivity index is 0.000000202. The van der Waals surface area contributed by atoms with E-state index in [0.29, 0.717) is 17.2 Å². The Kier molecular flexibility index (Phi) is 14.5. The quantitative estimate of drug-likeness (QED) is 0.0827. The first-order valence-corrected chi connectivity index (χ1v) is 16.4. The van der Waals surface area contributed by atoms with Crippen LogP contribution in [0.5, 0.6) is 0 Å². The maximum Gasteiger partial charge on any atom is 0.336 e. The number of aromatic nitrogens is 3. The Morgan fingerprint density at radius 1 is 0.717 bits per heavy atom. The first kappa shape index (κ1) is 36.0. The fourth-order valence-electron chi connectivity index (χ4n) is 5.45. The molecule has 8 heteroatoms. The standard InChI is InChI=1S/C20H36N2.2C9H7NO2/c1-5-6-7-8-9-10-11-13-17-22-19(20(2,3)4)18-15-12-14-16-21-18;2*11-9(12)7-2-1-3-8-6(7)4-5-10-8/h12,14-16,19,22H,5-11,13,17H2,1-4H3;2*1-5,10H,(H,11,12)/t19-;;/m0../s1. The van der Waals surface area contributed by atoms with Gasteiger partial charge < -0.3 is 25.5 Å². The molecule has 0 spiro atoms. The lowest BCUT2D eigenvalue weighted by Crippen LogP contribution is -2.33. The van der Waals surface area contributed by atoms with Crippen molar-refractivity contribution in [3.05, 3.63) is 102 Å². The van der Waals surface area contributed by atoms with Crippen molar-refractivity contribution in [2.75, 3.05) is 6.54 Å². The summed E-state index contributed by atoms with van der Waals surface area (Å²) in [4.78, 5) is 31.8. The van der Waals surface area contributed by atoms with Crippen LogP contribution in [0, 0.1) is 5.41 Å². The maximum absolute atomic E-state index is 10.7. The minimum Gasteiger partial charge on any atom is -0.478 e. The Morgan fingerprint density at radius 2 is 1.24 bits per heavy atom. The molecule has 246 valence electrons. The number of nitrogens with zero attached hydrogens (tertiary/aromatic N) is 1. The van der Waals surface area contributed by atoms with E-state index in [1.807, 2.05) is 24.4 Å². The second-order valence-corrected chi connectivity index (χ2v) is 12.6. The largest absolute Gasteiger partial charge is 0.478 e. The molecule has 0 aliphatic rings. The van der Waals surface area contributed by atoms with Crippen LogP contribution >= 0.6 is 0 Å². The second-order valence-electron chi connectivity index (χ2n) is 12.6. The van der Waals surface area contributed by atoms with Gasteiger partial charge >= 0.3 is 11.9 Å². The van der Waals surface area contributed by atoms with Gasteiger partial charge in [0.25, 0.3) is 0 Å². The predicted octanol–water partition coefficient (Wildman–Crippen LogP) is 9.63. The number of benzene rings is 2. The molecule has 0 saturated carbocycles. The molecular formula is C38H50N4O4. The van der Waals surface area contributed by atoms with Crippen LogP contribution in [0.2, 0.25) is 0 Å². The van der Waals surface area contributed by atoms with Crippen LogP contribution in [0.1, 0.15) is 112 Å². The highest BCUT2D eigenvalue weighted by Crippen LogP contribution is 2.31. The van der Waals surface area contributed by atoms with E-state index < -0.39 is 11.9 Å². The van der Waals surface area contributed by atoms with Crippen LogP contribution in [0.3, 0.4) is 0 Å². The summed E-state index contributed by atoms with van der Waals surface area (Å²) in [5, 5.41) is 22.8. The molecule has 5 aromatic rings. The maximum atomic E-state index is 10.7. The normalized spacial score (nSPS) is 11.7. The lowest BCUT2D eigenvalue weighted by Gasteiger charge is -2.31. The van der Waals surface area contributed by atoms with E-state index >= 15 is 0 Å². The van der Waals surface area contributed by atoms with Gasteiger partial charge in [-0.1, -0.05) is 90.8 Å². The number of carbonyl (C=O) groups is 2. The highest BCUT2D eigenvalue weighted by atomic mass is 16.4. The van der Waals surface area contributed by atoms with E-state index in [4.69, 9.17) is 10.2 Å². The summed E-state index contributed by atoms with van der Waals surface area (Å²) in [6, 6.07) is 20.4. The number of carboxylic acids is 2. The molecule has 0 fully saturated rings. The van der Waals surface area contributed by atoms with Gasteiger partial charge in [0.15, 0.2) is 0 Å². The smallest absolute Gasteiger partial charge is 0.336 e. The average molecular weight is 627 g/mol. The van der Waals surface area contributed by atoms with Gasteiger partial charge in [-0.15, -0.1) is 0 Å². The Morgan fingerprint density at radius 3 is 1.70 bits per heavy atom. The van der Waals surface area contributed by atoms with Crippen molar-refractivity contribution >= 4 is 33.7 Å². The first-order chi connectivity index (χ1) is 22.1. The van der Waals surface area contributed by atoms with Crippen molar-refractivity contribution in [3.63, 3.8) is 0 Å². The Bertz CT molecular complexity index is 1530. The molecule has 0 amide bonds. The van der Waals surface area contributed by atoms with E-state index in [-0.39, 0.29) is 5.41 Å². The third-order valence-electron chi connectivity index (χ3n) is 7.88. The fourth-order valence-corrected chi connectivity index (χ4v) is 5.45. The van der Waals surface area contributed by atoms with Crippen molar-refractivity contribution < 1.29 is 19.8 Å². The monoisotopic (exact) mass is 626 g/mol. The molecule has 3 aromatic heterocycles. The van der Waals surface area contributed by atoms with Crippen LogP contribution in [-0.2, 0) is 0 Å². The Hall–Kier alpha value is -4.43. The summed E-state index contributed by atoms with van der Waals surface area (Å²) in [5.74, 6) is -1.78. The molecule has 46 heavy (non-hydrogen) atoms. The van der Waals surface area contributed by atoms with E-state index in [1.165, 1.54) is 51.4 Å². The number of pyridine rings is 1. The molecule has 1 atom stereocenters. The van der Waals surface area contributed by atoms with Crippen LogP contribution < -0.4 is 5.32 Å². The highest BCUT2D eigenvalue weighted by Gasteiger charge is 2.26. The topological polar surface area (TPSA) is 131 Å². The number of hydrogen-bond acceptors (Lipinski definition) is 4. The summed E-state index contributed by atoms with van der Waals surface area (Å²) >= 11 is 0. The number of aromatic carboxylic acids is 2. The number of rotatable bonds is 13. The molecule has 5 rings (SSSR count). The summed E-state index contributed by atoms with van der Waals surface area (Å²) < 4.78 is 0. The molecule has 0 unspecified atom stereocenters. The van der Waals surface area contributed by atoms with Crippen LogP contribution in [0.25, 0.3) is 21.8 Å². The molecule has 0 aliphatic heterocycles. The molecule has 0 radical (unpaired) electrons. The van der Waals surface area contributed by atoms with Crippen LogP contribution in [0.15, 0.2) is 85.3 Å². The zero-order chi connectivity index (χ0) is 33.4. The number of fused-ring (bicyclic) bond motifs is 2. The third kappa shape index (κ3) is 11.2.